The van der Waals surface area contributed by atoms with Gasteiger partial charge in [-0.1, -0.05) is 12.0 Å². The van der Waals surface area contributed by atoms with Gasteiger partial charge >= 0.3 is 6.18 Å². The number of ether oxygens (including phenoxy) is 1. The second-order valence-electron chi connectivity index (χ2n) is 10.4. The minimum atomic E-state index is -4.45. The lowest BCUT2D eigenvalue weighted by atomic mass is 9.90. The van der Waals surface area contributed by atoms with E-state index >= 15 is 0 Å². The third-order valence-electron chi connectivity index (χ3n) is 7.24. The van der Waals surface area contributed by atoms with Crippen LogP contribution in [0.4, 0.5) is 28.9 Å². The van der Waals surface area contributed by atoms with Crippen LogP contribution in [0.25, 0.3) is 10.9 Å². The minimum absolute atomic E-state index is 0.00532. The van der Waals surface area contributed by atoms with Gasteiger partial charge < -0.3 is 24.8 Å². The molecule has 0 spiro atoms. The number of hydrogen-bond acceptors (Lipinski definition) is 6. The van der Waals surface area contributed by atoms with Gasteiger partial charge in [-0.2, -0.15) is 13.2 Å². The Labute approximate surface area is 237 Å². The Balaban J connectivity index is 1.57. The number of alkyl halides is 4. The van der Waals surface area contributed by atoms with E-state index in [0.29, 0.717) is 22.6 Å². The van der Waals surface area contributed by atoms with E-state index in [1.807, 2.05) is 6.07 Å². The molecule has 0 radical (unpaired) electrons. The Morgan fingerprint density at radius 1 is 1.07 bits per heavy atom. The van der Waals surface area contributed by atoms with Crippen molar-refractivity contribution in [2.45, 2.75) is 55.4 Å². The zero-order valence-corrected chi connectivity index (χ0v) is 24.0. The Kier molecular flexibility index (Phi) is 9.39. The third-order valence-corrected chi connectivity index (χ3v) is 8.35. The first-order chi connectivity index (χ1) is 19.4. The molecule has 3 aromatic rings. The molecule has 2 N–H and O–H groups in total. The fraction of sp³-hybridized carbons (Fsp3) is 0.448. The number of sulfone groups is 1. The first-order valence-electron chi connectivity index (χ1n) is 13.2. The summed E-state index contributed by atoms with van der Waals surface area (Å²) >= 11 is 0. The summed E-state index contributed by atoms with van der Waals surface area (Å²) in [5, 5.41) is 7.13. The van der Waals surface area contributed by atoms with E-state index < -0.39 is 29.4 Å². The number of fused-ring (bicyclic) bond motifs is 1. The predicted molar refractivity (Wildman–Crippen MR) is 153 cm³/mol. The van der Waals surface area contributed by atoms with Gasteiger partial charge in [0.2, 0.25) is 6.86 Å². The monoisotopic (exact) mass is 594 g/mol. The van der Waals surface area contributed by atoms with E-state index in [-0.39, 0.29) is 28.9 Å². The van der Waals surface area contributed by atoms with Crippen molar-refractivity contribution in [3.05, 3.63) is 48.2 Å². The van der Waals surface area contributed by atoms with Gasteiger partial charge in [0.05, 0.1) is 28.3 Å². The quantitative estimate of drug-likeness (QED) is 0.246. The van der Waals surface area contributed by atoms with Gasteiger partial charge in [-0.15, -0.1) is 0 Å². The van der Waals surface area contributed by atoms with E-state index in [1.54, 1.807) is 18.2 Å². The van der Waals surface area contributed by atoms with Gasteiger partial charge in [0, 0.05) is 35.5 Å². The number of anilines is 2. The lowest BCUT2D eigenvalue weighted by Crippen LogP contribution is -2.36. The summed E-state index contributed by atoms with van der Waals surface area (Å²) in [5.41, 5.74) is 1.71. The van der Waals surface area contributed by atoms with Crippen molar-refractivity contribution in [3.8, 4) is 17.6 Å². The Morgan fingerprint density at radius 2 is 1.80 bits per heavy atom. The SMILES string of the molecule is CN(C)C1CCC(Nc2cccc3c2cc(C#CCNc2ccc(S(C)(=O)=O)cc2OCF)n3CC(F)(F)F)CC1. The van der Waals surface area contributed by atoms with Crippen LogP contribution in [-0.2, 0) is 16.4 Å². The van der Waals surface area contributed by atoms with Gasteiger partial charge in [-0.05, 0) is 76.0 Å². The summed E-state index contributed by atoms with van der Waals surface area (Å²) < 4.78 is 83.3. The van der Waals surface area contributed by atoms with E-state index in [0.717, 1.165) is 42.2 Å². The third kappa shape index (κ3) is 7.86. The Hall–Kier alpha value is -3.43. The number of benzene rings is 2. The first kappa shape index (κ1) is 30.5. The smallest absolute Gasteiger partial charge is 0.406 e. The molecular weight excluding hydrogens is 560 g/mol. The predicted octanol–water partition coefficient (Wildman–Crippen LogP) is 5.66. The molecule has 0 aliphatic heterocycles. The topological polar surface area (TPSA) is 75.6 Å². The van der Waals surface area contributed by atoms with Crippen molar-refractivity contribution in [2.75, 3.05) is 44.4 Å². The van der Waals surface area contributed by atoms with Crippen LogP contribution in [0.15, 0.2) is 47.4 Å². The number of nitrogens with one attached hydrogen (secondary N) is 2. The van der Waals surface area contributed by atoms with Crippen LogP contribution >= 0.6 is 0 Å². The molecular formula is C29H34F4N4O3S. The normalized spacial score (nSPS) is 17.8. The second kappa shape index (κ2) is 12.6. The molecule has 222 valence electrons. The highest BCUT2D eigenvalue weighted by Gasteiger charge is 2.30. The van der Waals surface area contributed by atoms with Crippen molar-refractivity contribution < 1.29 is 30.7 Å². The van der Waals surface area contributed by atoms with Gasteiger partial charge in [0.15, 0.2) is 9.84 Å². The van der Waals surface area contributed by atoms with Crippen LogP contribution in [0, 0.1) is 11.8 Å². The summed E-state index contributed by atoms with van der Waals surface area (Å²) in [6, 6.07) is 11.7. The molecule has 4 rings (SSSR count). The fourth-order valence-corrected chi connectivity index (χ4v) is 5.79. The molecule has 2 aromatic carbocycles. The van der Waals surface area contributed by atoms with Crippen LogP contribution in [0.3, 0.4) is 0 Å². The highest BCUT2D eigenvalue weighted by atomic mass is 32.2. The average molecular weight is 595 g/mol. The van der Waals surface area contributed by atoms with Gasteiger partial charge in [-0.25, -0.2) is 12.8 Å². The van der Waals surface area contributed by atoms with Crippen LogP contribution in [-0.4, -0.2) is 69.9 Å². The zero-order chi connectivity index (χ0) is 29.8. The number of halogens is 4. The lowest BCUT2D eigenvalue weighted by Gasteiger charge is -2.33. The molecule has 0 unspecified atom stereocenters. The second-order valence-corrected chi connectivity index (χ2v) is 12.4. The molecule has 1 fully saturated rings. The van der Waals surface area contributed by atoms with Gasteiger partial charge in [-0.3, -0.25) is 0 Å². The van der Waals surface area contributed by atoms with Crippen LogP contribution in [0.1, 0.15) is 31.4 Å². The number of rotatable bonds is 9. The molecule has 1 aliphatic rings. The van der Waals surface area contributed by atoms with E-state index in [4.69, 9.17) is 4.74 Å². The van der Waals surface area contributed by atoms with Crippen molar-refractivity contribution in [3.63, 3.8) is 0 Å². The molecule has 41 heavy (non-hydrogen) atoms. The molecule has 7 nitrogen and oxygen atoms in total. The molecule has 1 aromatic heterocycles. The highest BCUT2D eigenvalue weighted by molar-refractivity contribution is 7.90. The lowest BCUT2D eigenvalue weighted by molar-refractivity contribution is -0.140. The zero-order valence-electron chi connectivity index (χ0n) is 23.2. The maximum atomic E-state index is 13.6. The Bertz CT molecular complexity index is 1530. The van der Waals surface area contributed by atoms with Crippen molar-refractivity contribution in [1.82, 2.24) is 9.47 Å². The molecule has 0 saturated heterocycles. The van der Waals surface area contributed by atoms with E-state index in [2.05, 4.69) is 41.5 Å². The van der Waals surface area contributed by atoms with Crippen molar-refractivity contribution >= 4 is 32.1 Å². The number of nitrogens with zero attached hydrogens (tertiary/aromatic N) is 2. The van der Waals surface area contributed by atoms with Crippen LogP contribution < -0.4 is 15.4 Å². The first-order valence-corrected chi connectivity index (χ1v) is 15.1. The largest absolute Gasteiger partial charge is 0.461 e. The molecule has 1 aliphatic carbocycles. The summed E-state index contributed by atoms with van der Waals surface area (Å²) in [6.45, 7) is -2.36. The molecule has 0 atom stereocenters. The maximum absolute atomic E-state index is 13.6. The minimum Gasteiger partial charge on any atom is -0.461 e. The van der Waals surface area contributed by atoms with Crippen LogP contribution in [0.5, 0.6) is 5.75 Å². The summed E-state index contributed by atoms with van der Waals surface area (Å²) in [5.74, 6) is 5.65. The van der Waals surface area contributed by atoms with E-state index in [9.17, 15) is 26.0 Å². The van der Waals surface area contributed by atoms with Crippen molar-refractivity contribution in [2.24, 2.45) is 0 Å². The van der Waals surface area contributed by atoms with Gasteiger partial charge in [0.25, 0.3) is 0 Å². The molecule has 12 heteroatoms. The number of hydrogen-bond donors (Lipinski definition) is 2. The standard InChI is InChI=1S/C29H34F4N4O3S/c1-36(2)21-11-9-20(10-12-21)35-25-7-4-8-27-24(25)16-22(37(27)18-29(31,32)33)6-5-15-34-26-14-13-23(41(3,38)39)17-28(26)40-19-30/h4,7-8,13-14,16-17,20-21,34-35H,9-12,15,18-19H2,1-3H3. The summed E-state index contributed by atoms with van der Waals surface area (Å²) in [6.07, 6.45) is 0.620. The molecule has 0 bridgehead atoms. The van der Waals surface area contributed by atoms with E-state index in [1.165, 1.54) is 18.2 Å². The summed E-state index contributed by atoms with van der Waals surface area (Å²) in [7, 11) is 0.618. The maximum Gasteiger partial charge on any atom is 0.406 e. The molecule has 1 saturated carbocycles. The molecule has 0 amide bonds. The fourth-order valence-electron chi connectivity index (χ4n) is 5.15. The van der Waals surface area contributed by atoms with Crippen molar-refractivity contribution in [1.29, 1.82) is 0 Å². The molecule has 1 heterocycles. The summed E-state index contributed by atoms with van der Waals surface area (Å²) in [4.78, 5) is 2.19. The van der Waals surface area contributed by atoms with Crippen LogP contribution in [0.2, 0.25) is 0 Å². The Morgan fingerprint density at radius 3 is 2.44 bits per heavy atom. The van der Waals surface area contributed by atoms with Gasteiger partial charge in [0.1, 0.15) is 12.3 Å². The number of aromatic nitrogens is 1. The highest BCUT2D eigenvalue weighted by Crippen LogP contribution is 2.33. The average Bonchev–Trinajstić information content (AvgIpc) is 3.24.